The van der Waals surface area contributed by atoms with Gasteiger partial charge in [0.15, 0.2) is 0 Å². The van der Waals surface area contributed by atoms with Gasteiger partial charge in [0.2, 0.25) is 0 Å². The summed E-state index contributed by atoms with van der Waals surface area (Å²) in [5.74, 6) is 0.973. The molecule has 2 N–H and O–H groups in total. The van der Waals surface area contributed by atoms with E-state index >= 15 is 0 Å². The Kier molecular flexibility index (Phi) is 2.02. The van der Waals surface area contributed by atoms with Crippen LogP contribution < -0.4 is 15.4 Å². The zero-order valence-electron chi connectivity index (χ0n) is 8.87. The third-order valence-electron chi connectivity index (χ3n) is 2.54. The SMILES string of the molecule is Cc1cc(N)cc2c1OC(C)CN2C. The molecule has 1 atom stereocenters. The van der Waals surface area contributed by atoms with Crippen LogP contribution >= 0.6 is 0 Å². The fourth-order valence-corrected chi connectivity index (χ4v) is 1.94. The molecule has 76 valence electrons. The van der Waals surface area contributed by atoms with Crippen molar-refractivity contribution in [1.82, 2.24) is 0 Å². The first-order valence-electron chi connectivity index (χ1n) is 4.86. The molecular formula is C11H16N2O. The van der Waals surface area contributed by atoms with Gasteiger partial charge < -0.3 is 15.4 Å². The Hall–Kier alpha value is -1.38. The molecule has 0 aliphatic carbocycles. The second kappa shape index (κ2) is 3.08. The van der Waals surface area contributed by atoms with Crippen LogP contribution in [0.1, 0.15) is 12.5 Å². The van der Waals surface area contributed by atoms with Crippen LogP contribution in [0.4, 0.5) is 11.4 Å². The molecule has 0 radical (unpaired) electrons. The van der Waals surface area contributed by atoms with Crippen molar-refractivity contribution in [2.75, 3.05) is 24.2 Å². The molecular weight excluding hydrogens is 176 g/mol. The third kappa shape index (κ3) is 1.39. The van der Waals surface area contributed by atoms with Gasteiger partial charge in [-0.1, -0.05) is 0 Å². The van der Waals surface area contributed by atoms with E-state index in [9.17, 15) is 0 Å². The van der Waals surface area contributed by atoms with E-state index in [1.807, 2.05) is 19.1 Å². The Labute approximate surface area is 84.5 Å². The number of rotatable bonds is 0. The summed E-state index contributed by atoms with van der Waals surface area (Å²) in [5, 5.41) is 0. The van der Waals surface area contributed by atoms with Gasteiger partial charge >= 0.3 is 0 Å². The number of hydrogen-bond donors (Lipinski definition) is 1. The van der Waals surface area contributed by atoms with Crippen molar-refractivity contribution < 1.29 is 4.74 Å². The standard InChI is InChI=1S/C11H16N2O/c1-7-4-9(12)5-10-11(7)14-8(2)6-13(10)3/h4-5,8H,6,12H2,1-3H3. The van der Waals surface area contributed by atoms with Gasteiger partial charge in [0.25, 0.3) is 0 Å². The molecule has 14 heavy (non-hydrogen) atoms. The molecule has 0 aromatic heterocycles. The topological polar surface area (TPSA) is 38.5 Å². The van der Waals surface area contributed by atoms with Crippen molar-refractivity contribution in [3.8, 4) is 5.75 Å². The van der Waals surface area contributed by atoms with Crippen molar-refractivity contribution in [3.05, 3.63) is 17.7 Å². The Morgan fingerprint density at radius 1 is 1.50 bits per heavy atom. The van der Waals surface area contributed by atoms with Crippen molar-refractivity contribution in [1.29, 1.82) is 0 Å². The Balaban J connectivity index is 2.53. The van der Waals surface area contributed by atoms with E-state index in [2.05, 4.69) is 18.9 Å². The van der Waals surface area contributed by atoms with Crippen molar-refractivity contribution >= 4 is 11.4 Å². The predicted molar refractivity (Wildman–Crippen MR) is 59.0 cm³/mol. The van der Waals surface area contributed by atoms with Gasteiger partial charge in [0, 0.05) is 12.7 Å². The van der Waals surface area contributed by atoms with E-state index in [-0.39, 0.29) is 6.10 Å². The summed E-state index contributed by atoms with van der Waals surface area (Å²) in [6, 6.07) is 3.92. The summed E-state index contributed by atoms with van der Waals surface area (Å²) < 4.78 is 5.79. The highest BCUT2D eigenvalue weighted by atomic mass is 16.5. The van der Waals surface area contributed by atoms with Gasteiger partial charge in [0.05, 0.1) is 12.2 Å². The molecule has 0 fully saturated rings. The molecule has 0 saturated heterocycles. The lowest BCUT2D eigenvalue weighted by molar-refractivity contribution is 0.214. The van der Waals surface area contributed by atoms with Crippen LogP contribution in [0.5, 0.6) is 5.75 Å². The Morgan fingerprint density at radius 3 is 2.93 bits per heavy atom. The van der Waals surface area contributed by atoms with Gasteiger partial charge in [-0.25, -0.2) is 0 Å². The monoisotopic (exact) mass is 192 g/mol. The number of benzene rings is 1. The lowest BCUT2D eigenvalue weighted by atomic mass is 10.1. The van der Waals surface area contributed by atoms with Crippen LogP contribution in [0.3, 0.4) is 0 Å². The van der Waals surface area contributed by atoms with E-state index in [0.29, 0.717) is 0 Å². The second-order valence-corrected chi connectivity index (χ2v) is 4.00. The summed E-state index contributed by atoms with van der Waals surface area (Å²) in [4.78, 5) is 2.19. The lowest BCUT2D eigenvalue weighted by Gasteiger charge is -2.33. The van der Waals surface area contributed by atoms with Gasteiger partial charge in [-0.05, 0) is 31.5 Å². The number of nitrogen functional groups attached to an aromatic ring is 1. The molecule has 3 heteroatoms. The summed E-state index contributed by atoms with van der Waals surface area (Å²) in [7, 11) is 2.07. The summed E-state index contributed by atoms with van der Waals surface area (Å²) in [6.45, 7) is 5.02. The molecule has 0 bridgehead atoms. The molecule has 1 aromatic rings. The first kappa shape index (κ1) is 9.19. The highest BCUT2D eigenvalue weighted by Crippen LogP contribution is 2.37. The highest BCUT2D eigenvalue weighted by molar-refractivity contribution is 5.68. The number of nitrogens with zero attached hydrogens (tertiary/aromatic N) is 1. The summed E-state index contributed by atoms with van der Waals surface area (Å²) in [6.07, 6.45) is 0.245. The quantitative estimate of drug-likeness (QED) is 0.637. The van der Waals surface area contributed by atoms with Crippen LogP contribution in [0.25, 0.3) is 0 Å². The van der Waals surface area contributed by atoms with E-state index in [0.717, 1.165) is 29.2 Å². The summed E-state index contributed by atoms with van der Waals surface area (Å²) >= 11 is 0. The molecule has 1 aliphatic heterocycles. The molecule has 0 spiro atoms. The minimum absolute atomic E-state index is 0.245. The van der Waals surface area contributed by atoms with E-state index < -0.39 is 0 Å². The Bertz CT molecular complexity index is 363. The average Bonchev–Trinajstić information content (AvgIpc) is 2.07. The van der Waals surface area contributed by atoms with Gasteiger partial charge in [-0.2, -0.15) is 0 Å². The number of aryl methyl sites for hydroxylation is 1. The number of hydrogen-bond acceptors (Lipinski definition) is 3. The van der Waals surface area contributed by atoms with Gasteiger partial charge in [0.1, 0.15) is 11.9 Å². The molecule has 1 aliphatic rings. The number of nitrogens with two attached hydrogens (primary N) is 1. The van der Waals surface area contributed by atoms with E-state index in [1.165, 1.54) is 0 Å². The van der Waals surface area contributed by atoms with Crippen molar-refractivity contribution in [2.45, 2.75) is 20.0 Å². The molecule has 3 nitrogen and oxygen atoms in total. The average molecular weight is 192 g/mol. The number of fused-ring (bicyclic) bond motifs is 1. The molecule has 2 rings (SSSR count). The van der Waals surface area contributed by atoms with Crippen LogP contribution in [0, 0.1) is 6.92 Å². The Morgan fingerprint density at radius 2 is 2.21 bits per heavy atom. The van der Waals surface area contributed by atoms with E-state index in [4.69, 9.17) is 10.5 Å². The lowest BCUT2D eigenvalue weighted by Crippen LogP contribution is -2.35. The third-order valence-corrected chi connectivity index (χ3v) is 2.54. The number of ether oxygens (including phenoxy) is 1. The smallest absolute Gasteiger partial charge is 0.146 e. The van der Waals surface area contributed by atoms with Crippen molar-refractivity contribution in [3.63, 3.8) is 0 Å². The fraction of sp³-hybridized carbons (Fsp3) is 0.455. The molecule has 1 aromatic carbocycles. The normalized spacial score (nSPS) is 20.2. The zero-order chi connectivity index (χ0) is 10.3. The largest absolute Gasteiger partial charge is 0.486 e. The fourth-order valence-electron chi connectivity index (χ4n) is 1.94. The van der Waals surface area contributed by atoms with Crippen molar-refractivity contribution in [2.24, 2.45) is 0 Å². The summed E-state index contributed by atoms with van der Waals surface area (Å²) in [5.41, 5.74) is 8.80. The zero-order valence-corrected chi connectivity index (χ0v) is 8.87. The number of anilines is 2. The van der Waals surface area contributed by atoms with Crippen LogP contribution in [-0.2, 0) is 0 Å². The minimum Gasteiger partial charge on any atom is -0.486 e. The highest BCUT2D eigenvalue weighted by Gasteiger charge is 2.21. The predicted octanol–water partition coefficient (Wildman–Crippen LogP) is 1.79. The number of likely N-dealkylation sites (N-methyl/N-ethyl adjacent to an activating group) is 1. The van der Waals surface area contributed by atoms with E-state index in [1.54, 1.807) is 0 Å². The molecule has 1 heterocycles. The molecule has 0 saturated carbocycles. The molecule has 1 unspecified atom stereocenters. The maximum absolute atomic E-state index is 5.80. The minimum atomic E-state index is 0.245. The maximum atomic E-state index is 5.80. The van der Waals surface area contributed by atoms with Crippen LogP contribution in [0.15, 0.2) is 12.1 Å². The second-order valence-electron chi connectivity index (χ2n) is 4.00. The van der Waals surface area contributed by atoms with Gasteiger partial charge in [-0.15, -0.1) is 0 Å². The van der Waals surface area contributed by atoms with Crippen LogP contribution in [-0.4, -0.2) is 19.7 Å². The van der Waals surface area contributed by atoms with Gasteiger partial charge in [-0.3, -0.25) is 0 Å². The first-order chi connectivity index (χ1) is 6.58. The molecule has 0 amide bonds. The maximum Gasteiger partial charge on any atom is 0.146 e. The van der Waals surface area contributed by atoms with Crippen LogP contribution in [0.2, 0.25) is 0 Å². The first-order valence-corrected chi connectivity index (χ1v) is 4.86.